The summed E-state index contributed by atoms with van der Waals surface area (Å²) >= 11 is 0. The summed E-state index contributed by atoms with van der Waals surface area (Å²) in [4.78, 5) is 15.6. The molecule has 1 aromatic rings. The zero-order chi connectivity index (χ0) is 13.0. The summed E-state index contributed by atoms with van der Waals surface area (Å²) in [5.41, 5.74) is 6.92. The summed E-state index contributed by atoms with van der Waals surface area (Å²) in [5.74, 6) is 0.568. The van der Waals surface area contributed by atoms with Crippen molar-refractivity contribution in [3.63, 3.8) is 0 Å². The second kappa shape index (κ2) is 5.96. The highest BCUT2D eigenvalue weighted by molar-refractivity contribution is 5.81. The van der Waals surface area contributed by atoms with E-state index in [1.807, 2.05) is 12.4 Å². The molecule has 0 spiro atoms. The molecule has 0 aromatic carbocycles. The van der Waals surface area contributed by atoms with E-state index in [9.17, 15) is 4.79 Å². The van der Waals surface area contributed by atoms with Crippen LogP contribution in [0.15, 0.2) is 24.5 Å². The second-order valence-corrected chi connectivity index (χ2v) is 5.13. The van der Waals surface area contributed by atoms with Crippen molar-refractivity contribution < 1.29 is 4.79 Å². The third kappa shape index (κ3) is 3.29. The Bertz CT molecular complexity index is 383. The molecule has 1 heterocycles. The molecule has 1 amide bonds. The Balaban J connectivity index is 1.83. The van der Waals surface area contributed by atoms with Crippen LogP contribution in [0.4, 0.5) is 0 Å². The highest BCUT2D eigenvalue weighted by atomic mass is 16.2. The molecule has 1 saturated carbocycles. The van der Waals surface area contributed by atoms with Crippen LogP contribution in [0, 0.1) is 0 Å². The normalized spacial score (nSPS) is 25.4. The maximum Gasteiger partial charge on any atom is 0.236 e. The van der Waals surface area contributed by atoms with Gasteiger partial charge in [0.1, 0.15) is 0 Å². The zero-order valence-corrected chi connectivity index (χ0v) is 10.8. The van der Waals surface area contributed by atoms with E-state index in [1.165, 1.54) is 5.56 Å². The van der Waals surface area contributed by atoms with E-state index < -0.39 is 6.04 Å². The first kappa shape index (κ1) is 13.0. The molecule has 0 saturated heterocycles. The smallest absolute Gasteiger partial charge is 0.236 e. The molecule has 0 radical (unpaired) electrons. The maximum atomic E-state index is 11.5. The van der Waals surface area contributed by atoms with E-state index in [4.69, 9.17) is 5.73 Å². The van der Waals surface area contributed by atoms with Gasteiger partial charge in [0, 0.05) is 18.4 Å². The minimum absolute atomic E-state index is 0.0395. The topological polar surface area (TPSA) is 68.0 Å². The van der Waals surface area contributed by atoms with E-state index in [0.29, 0.717) is 12.0 Å². The first-order valence-corrected chi connectivity index (χ1v) is 6.62. The molecule has 0 bridgehead atoms. The van der Waals surface area contributed by atoms with Gasteiger partial charge in [-0.05, 0) is 56.2 Å². The summed E-state index contributed by atoms with van der Waals surface area (Å²) < 4.78 is 0. The lowest BCUT2D eigenvalue weighted by Crippen LogP contribution is -2.45. The Hall–Kier alpha value is -1.42. The fourth-order valence-electron chi connectivity index (χ4n) is 2.54. The molecule has 18 heavy (non-hydrogen) atoms. The van der Waals surface area contributed by atoms with Crippen LogP contribution in [-0.2, 0) is 4.79 Å². The van der Waals surface area contributed by atoms with Crippen LogP contribution in [0.2, 0.25) is 0 Å². The molecule has 2 rings (SSSR count). The number of amides is 1. The number of pyridine rings is 1. The summed E-state index contributed by atoms with van der Waals surface area (Å²) in [7, 11) is 0. The molecule has 1 aliphatic carbocycles. The number of carbonyl (C=O) groups excluding carboxylic acids is 1. The average Bonchev–Trinajstić information content (AvgIpc) is 2.40. The molecule has 1 unspecified atom stereocenters. The predicted molar refractivity (Wildman–Crippen MR) is 71.0 cm³/mol. The lowest BCUT2D eigenvalue weighted by atomic mass is 9.82. The lowest BCUT2D eigenvalue weighted by Gasteiger charge is -2.29. The van der Waals surface area contributed by atoms with Crippen LogP contribution in [0.25, 0.3) is 0 Å². The van der Waals surface area contributed by atoms with Crippen molar-refractivity contribution in [1.82, 2.24) is 10.3 Å². The third-order valence-electron chi connectivity index (χ3n) is 3.66. The molecular formula is C14H21N3O. The summed E-state index contributed by atoms with van der Waals surface area (Å²) in [6, 6.07) is 4.06. The van der Waals surface area contributed by atoms with E-state index in [-0.39, 0.29) is 5.91 Å². The average molecular weight is 247 g/mol. The second-order valence-electron chi connectivity index (χ2n) is 5.13. The number of hydrogen-bond acceptors (Lipinski definition) is 3. The van der Waals surface area contributed by atoms with E-state index in [0.717, 1.165) is 25.7 Å². The van der Waals surface area contributed by atoms with Crippen LogP contribution >= 0.6 is 0 Å². The van der Waals surface area contributed by atoms with Crippen LogP contribution in [0.1, 0.15) is 44.1 Å². The van der Waals surface area contributed by atoms with Crippen molar-refractivity contribution in [3.05, 3.63) is 30.1 Å². The third-order valence-corrected chi connectivity index (χ3v) is 3.66. The molecule has 3 N–H and O–H groups in total. The first-order valence-electron chi connectivity index (χ1n) is 6.62. The van der Waals surface area contributed by atoms with Crippen LogP contribution in [-0.4, -0.2) is 23.0 Å². The molecule has 0 aliphatic heterocycles. The quantitative estimate of drug-likeness (QED) is 0.852. The molecule has 1 aliphatic rings. The molecular weight excluding hydrogens is 226 g/mol. The molecule has 1 aromatic heterocycles. The number of nitrogens with one attached hydrogen (secondary N) is 1. The monoisotopic (exact) mass is 247 g/mol. The Labute approximate surface area is 108 Å². The first-order chi connectivity index (χ1) is 8.66. The Morgan fingerprint density at radius 1 is 1.33 bits per heavy atom. The van der Waals surface area contributed by atoms with Crippen molar-refractivity contribution in [2.75, 3.05) is 0 Å². The van der Waals surface area contributed by atoms with Crippen LogP contribution < -0.4 is 11.1 Å². The summed E-state index contributed by atoms with van der Waals surface area (Å²) in [5, 5.41) is 3.01. The van der Waals surface area contributed by atoms with Gasteiger partial charge in [-0.3, -0.25) is 9.78 Å². The van der Waals surface area contributed by atoms with Gasteiger partial charge in [0.25, 0.3) is 0 Å². The van der Waals surface area contributed by atoms with Gasteiger partial charge in [0.05, 0.1) is 6.04 Å². The van der Waals surface area contributed by atoms with Crippen molar-refractivity contribution >= 4 is 5.91 Å². The molecule has 1 atom stereocenters. The molecule has 4 heteroatoms. The van der Waals surface area contributed by atoms with Gasteiger partial charge in [-0.1, -0.05) is 0 Å². The van der Waals surface area contributed by atoms with Gasteiger partial charge in [-0.2, -0.15) is 0 Å². The Morgan fingerprint density at radius 3 is 2.50 bits per heavy atom. The fourth-order valence-corrected chi connectivity index (χ4v) is 2.54. The fraction of sp³-hybridized carbons (Fsp3) is 0.571. The van der Waals surface area contributed by atoms with Crippen molar-refractivity contribution in [2.45, 2.75) is 50.6 Å². The number of carbonyl (C=O) groups is 1. The highest BCUT2D eigenvalue weighted by Crippen LogP contribution is 2.32. The van der Waals surface area contributed by atoms with Gasteiger partial charge >= 0.3 is 0 Å². The van der Waals surface area contributed by atoms with E-state index in [1.54, 1.807) is 6.92 Å². The van der Waals surface area contributed by atoms with E-state index >= 15 is 0 Å². The largest absolute Gasteiger partial charge is 0.352 e. The molecule has 98 valence electrons. The highest BCUT2D eigenvalue weighted by Gasteiger charge is 2.23. The minimum atomic E-state index is -0.414. The zero-order valence-electron chi connectivity index (χ0n) is 10.8. The predicted octanol–water partition coefficient (Wildman–Crippen LogP) is 1.57. The van der Waals surface area contributed by atoms with Crippen molar-refractivity contribution in [1.29, 1.82) is 0 Å². The minimum Gasteiger partial charge on any atom is -0.352 e. The SMILES string of the molecule is CC(N)C(=O)NC1CCC(c2ccncc2)CC1. The summed E-state index contributed by atoms with van der Waals surface area (Å²) in [6.45, 7) is 1.72. The van der Waals surface area contributed by atoms with Crippen molar-refractivity contribution in [2.24, 2.45) is 5.73 Å². The number of hydrogen-bond donors (Lipinski definition) is 2. The van der Waals surface area contributed by atoms with Gasteiger partial charge in [-0.15, -0.1) is 0 Å². The Kier molecular flexibility index (Phi) is 4.31. The number of nitrogens with zero attached hydrogens (tertiary/aromatic N) is 1. The number of rotatable bonds is 3. The number of aromatic nitrogens is 1. The van der Waals surface area contributed by atoms with Crippen LogP contribution in [0.5, 0.6) is 0 Å². The lowest BCUT2D eigenvalue weighted by molar-refractivity contribution is -0.122. The van der Waals surface area contributed by atoms with Gasteiger partial charge in [-0.25, -0.2) is 0 Å². The standard InChI is InChI=1S/C14H21N3O/c1-10(15)14(18)17-13-4-2-11(3-5-13)12-6-8-16-9-7-12/h6-11,13H,2-5,15H2,1H3,(H,17,18). The van der Waals surface area contributed by atoms with Gasteiger partial charge < -0.3 is 11.1 Å². The van der Waals surface area contributed by atoms with Crippen LogP contribution in [0.3, 0.4) is 0 Å². The van der Waals surface area contributed by atoms with Crippen molar-refractivity contribution in [3.8, 4) is 0 Å². The number of nitrogens with two attached hydrogens (primary N) is 1. The Morgan fingerprint density at radius 2 is 1.94 bits per heavy atom. The molecule has 4 nitrogen and oxygen atoms in total. The van der Waals surface area contributed by atoms with Gasteiger partial charge in [0.2, 0.25) is 5.91 Å². The molecule has 1 fully saturated rings. The van der Waals surface area contributed by atoms with Gasteiger partial charge in [0.15, 0.2) is 0 Å². The summed E-state index contributed by atoms with van der Waals surface area (Å²) in [6.07, 6.45) is 8.00. The van der Waals surface area contributed by atoms with E-state index in [2.05, 4.69) is 22.4 Å². The maximum absolute atomic E-state index is 11.5.